The lowest BCUT2D eigenvalue weighted by molar-refractivity contribution is -0.0349. The van der Waals surface area contributed by atoms with Crippen molar-refractivity contribution in [2.45, 2.75) is 77.7 Å². The Kier molecular flexibility index (Phi) is 13.1. The molecule has 0 saturated carbocycles. The van der Waals surface area contributed by atoms with Crippen molar-refractivity contribution >= 4 is 12.2 Å². The number of carbonyl (C=O) groups is 2. The van der Waals surface area contributed by atoms with Crippen LogP contribution in [0, 0.1) is 0 Å². The van der Waals surface area contributed by atoms with Gasteiger partial charge in [0.25, 0.3) is 0 Å². The second-order valence-corrected chi connectivity index (χ2v) is 16.0. The Bertz CT molecular complexity index is 1960. The normalized spacial score (nSPS) is 17.5. The largest absolute Gasteiger partial charge is 0.487 e. The van der Waals surface area contributed by atoms with Crippen molar-refractivity contribution in [2.24, 2.45) is 0 Å². The van der Waals surface area contributed by atoms with E-state index in [1.165, 1.54) is 0 Å². The monoisotopic (exact) mass is 788 g/mol. The summed E-state index contributed by atoms with van der Waals surface area (Å²) in [5.41, 5.74) is 3.66. The van der Waals surface area contributed by atoms with E-state index >= 15 is 0 Å². The zero-order chi connectivity index (χ0) is 40.7. The van der Waals surface area contributed by atoms with E-state index in [4.69, 9.17) is 38.1 Å². The van der Waals surface area contributed by atoms with Crippen LogP contribution < -0.4 is 9.47 Å². The van der Waals surface area contributed by atoms with E-state index in [9.17, 15) is 9.59 Å². The Morgan fingerprint density at radius 1 is 0.702 bits per heavy atom. The minimum absolute atomic E-state index is 0.243. The molecule has 2 aromatic carbocycles. The molecule has 2 aliphatic rings. The Labute approximate surface area is 334 Å². The summed E-state index contributed by atoms with van der Waals surface area (Å²) in [5, 5.41) is 0. The molecule has 2 fully saturated rings. The summed E-state index contributed by atoms with van der Waals surface area (Å²) in [7, 11) is 3.25. The van der Waals surface area contributed by atoms with E-state index in [0.717, 1.165) is 46.5 Å². The van der Waals surface area contributed by atoms with Gasteiger partial charge in [-0.15, -0.1) is 0 Å². The van der Waals surface area contributed by atoms with Gasteiger partial charge < -0.3 is 43.1 Å². The van der Waals surface area contributed by atoms with E-state index in [1.807, 2.05) is 77.9 Å². The van der Waals surface area contributed by atoms with Crippen molar-refractivity contribution in [1.82, 2.24) is 29.7 Å². The fourth-order valence-electron chi connectivity index (χ4n) is 6.83. The van der Waals surface area contributed by atoms with Crippen LogP contribution in [0.4, 0.5) is 9.59 Å². The third kappa shape index (κ3) is 10.3. The lowest BCUT2D eigenvalue weighted by Gasteiger charge is -2.35. The molecule has 15 nitrogen and oxygen atoms in total. The van der Waals surface area contributed by atoms with Gasteiger partial charge in [-0.1, -0.05) is 24.3 Å². The third-order valence-corrected chi connectivity index (χ3v) is 9.44. The van der Waals surface area contributed by atoms with Crippen LogP contribution in [0.25, 0.3) is 33.6 Å². The number of amides is 2. The molecule has 0 spiro atoms. The minimum atomic E-state index is -0.618. The molecular formula is C42H56N6O9. The number of hydrogen-bond donors (Lipinski definition) is 2. The number of methoxy groups -OCH3 is 2. The van der Waals surface area contributed by atoms with Crippen molar-refractivity contribution in [3.8, 4) is 45.1 Å². The van der Waals surface area contributed by atoms with E-state index in [1.54, 1.807) is 36.4 Å². The number of nitrogens with zero attached hydrogens (tertiary/aromatic N) is 4. The predicted molar refractivity (Wildman–Crippen MR) is 213 cm³/mol. The van der Waals surface area contributed by atoms with Crippen molar-refractivity contribution < 1.29 is 42.7 Å². The van der Waals surface area contributed by atoms with Crippen LogP contribution in [-0.2, 0) is 23.7 Å². The quantitative estimate of drug-likeness (QED) is 0.129. The summed E-state index contributed by atoms with van der Waals surface area (Å²) in [5.74, 6) is 2.37. The van der Waals surface area contributed by atoms with Crippen LogP contribution in [0.15, 0.2) is 48.8 Å². The molecule has 0 aliphatic carbocycles. The fourth-order valence-corrected chi connectivity index (χ4v) is 6.83. The van der Waals surface area contributed by atoms with Crippen molar-refractivity contribution in [1.29, 1.82) is 0 Å². The lowest BCUT2D eigenvalue weighted by atomic mass is 9.98. The Morgan fingerprint density at radius 3 is 1.84 bits per heavy atom. The number of aromatic nitrogens is 4. The molecule has 308 valence electrons. The van der Waals surface area contributed by atoms with Crippen LogP contribution in [-0.4, -0.2) is 120 Å². The first kappa shape index (κ1) is 41.5. The topological polar surface area (TPSA) is 163 Å². The zero-order valence-electron chi connectivity index (χ0n) is 34.3. The summed E-state index contributed by atoms with van der Waals surface area (Å²) < 4.78 is 40.6. The molecule has 2 atom stereocenters. The molecule has 15 heteroatoms. The number of carbonyl (C=O) groups excluding carboxylic acids is 2. The van der Waals surface area contributed by atoms with Gasteiger partial charge in [-0.3, -0.25) is 9.80 Å². The zero-order valence-corrected chi connectivity index (χ0v) is 34.3. The van der Waals surface area contributed by atoms with Gasteiger partial charge in [0, 0.05) is 38.4 Å². The standard InChI is InChI=1S/C42H56N6O9/c1-41(2,3)56-39(49)47-17-9-10-33(47)37-44-25-32(46-37)30-16-15-29(35(54-22-20-51-7)36(30)55-23-21-52-8)27-11-13-28(14-12-27)31-24-43-38(45-31)34-26-53-19-18-48(34)40(50)57-42(4,5)6/h11-16,24-25,33-34H,9-10,17-23,26H2,1-8H3,(H,43,45)(H,44,46)/t33-,34?/m0/s1. The first-order chi connectivity index (χ1) is 27.3. The minimum Gasteiger partial charge on any atom is -0.487 e. The Hall–Kier alpha value is -5.12. The molecular weight excluding hydrogens is 732 g/mol. The van der Waals surface area contributed by atoms with Crippen LogP contribution >= 0.6 is 0 Å². The number of morpholine rings is 1. The summed E-state index contributed by atoms with van der Waals surface area (Å²) in [6.45, 7) is 14.2. The highest BCUT2D eigenvalue weighted by atomic mass is 16.6. The summed E-state index contributed by atoms with van der Waals surface area (Å²) >= 11 is 0. The predicted octanol–water partition coefficient (Wildman–Crippen LogP) is 7.56. The number of likely N-dealkylation sites (tertiary alicyclic amines) is 1. The Balaban J connectivity index is 1.29. The number of hydrogen-bond acceptors (Lipinski definition) is 11. The molecule has 1 unspecified atom stereocenters. The van der Waals surface area contributed by atoms with Crippen LogP contribution in [0.3, 0.4) is 0 Å². The first-order valence-corrected chi connectivity index (χ1v) is 19.4. The number of ether oxygens (including phenoxy) is 7. The van der Waals surface area contributed by atoms with Gasteiger partial charge in [0.2, 0.25) is 0 Å². The highest BCUT2D eigenvalue weighted by Crippen LogP contribution is 2.45. The summed E-state index contributed by atoms with van der Waals surface area (Å²) in [6, 6.07) is 11.4. The van der Waals surface area contributed by atoms with E-state index in [2.05, 4.69) is 15.0 Å². The van der Waals surface area contributed by atoms with Gasteiger partial charge in [0.15, 0.2) is 11.5 Å². The van der Waals surface area contributed by atoms with Crippen LogP contribution in [0.5, 0.6) is 11.5 Å². The lowest BCUT2D eigenvalue weighted by Crippen LogP contribution is -2.46. The smallest absolute Gasteiger partial charge is 0.411 e. The maximum Gasteiger partial charge on any atom is 0.411 e. The molecule has 2 aliphatic heterocycles. The second-order valence-electron chi connectivity index (χ2n) is 16.0. The average molecular weight is 789 g/mol. The maximum atomic E-state index is 13.1. The van der Waals surface area contributed by atoms with Crippen LogP contribution in [0.1, 0.15) is 78.1 Å². The van der Waals surface area contributed by atoms with E-state index < -0.39 is 23.3 Å². The maximum absolute atomic E-state index is 13.1. The Morgan fingerprint density at radius 2 is 1.23 bits per heavy atom. The van der Waals surface area contributed by atoms with Gasteiger partial charge >= 0.3 is 12.2 Å². The molecule has 6 rings (SSSR count). The molecule has 0 radical (unpaired) electrons. The molecule has 2 saturated heterocycles. The van der Waals surface area contributed by atoms with Crippen molar-refractivity contribution in [3.63, 3.8) is 0 Å². The average Bonchev–Trinajstić information content (AvgIpc) is 3.96. The van der Waals surface area contributed by atoms with Gasteiger partial charge in [0.1, 0.15) is 42.1 Å². The molecule has 2 amide bonds. The molecule has 2 aromatic heterocycles. The van der Waals surface area contributed by atoms with E-state index in [-0.39, 0.29) is 25.3 Å². The molecule has 57 heavy (non-hydrogen) atoms. The van der Waals surface area contributed by atoms with Crippen LogP contribution in [0.2, 0.25) is 0 Å². The van der Waals surface area contributed by atoms with Gasteiger partial charge in [-0.2, -0.15) is 0 Å². The molecule has 2 N–H and O–H groups in total. The second kappa shape index (κ2) is 18.0. The van der Waals surface area contributed by atoms with Gasteiger partial charge in [-0.05, 0) is 77.6 Å². The number of imidazole rings is 2. The SMILES string of the molecule is COCCOc1c(-c2ccc(-c3cnc(C4COCCN4C(=O)OC(C)(C)C)[nH]3)cc2)ccc(-c2cnc([C@@H]3CCCN3C(=O)OC(C)(C)C)[nH]2)c1OCCOC. The van der Waals surface area contributed by atoms with Gasteiger partial charge in [-0.25, -0.2) is 19.6 Å². The summed E-state index contributed by atoms with van der Waals surface area (Å²) in [6.07, 6.45) is 4.39. The van der Waals surface area contributed by atoms with Gasteiger partial charge in [0.05, 0.1) is 56.3 Å². The van der Waals surface area contributed by atoms with Crippen molar-refractivity contribution in [2.75, 3.05) is 67.0 Å². The third-order valence-electron chi connectivity index (χ3n) is 9.44. The van der Waals surface area contributed by atoms with Crippen molar-refractivity contribution in [3.05, 3.63) is 60.4 Å². The molecule has 4 aromatic rings. The highest BCUT2D eigenvalue weighted by molar-refractivity contribution is 5.83. The summed E-state index contributed by atoms with van der Waals surface area (Å²) in [4.78, 5) is 45.8. The fraction of sp³-hybridized carbons (Fsp3) is 0.524. The number of H-pyrrole nitrogens is 2. The number of rotatable bonds is 13. The molecule has 4 heterocycles. The number of aromatic amines is 2. The molecule has 0 bridgehead atoms. The first-order valence-electron chi connectivity index (χ1n) is 19.4. The van der Waals surface area contributed by atoms with E-state index in [0.29, 0.717) is 62.7 Å². The number of nitrogens with one attached hydrogen (secondary N) is 2. The highest BCUT2D eigenvalue weighted by Gasteiger charge is 2.36. The number of benzene rings is 2.